The SMILES string of the molecule is COc1cc2c(cc1OC)C(c1cccs1)N(C(=O)CCCNC(=O)c1ccsc1)CC2. The summed E-state index contributed by atoms with van der Waals surface area (Å²) in [4.78, 5) is 28.4. The molecule has 0 bridgehead atoms. The summed E-state index contributed by atoms with van der Waals surface area (Å²) in [5.74, 6) is 1.37. The van der Waals surface area contributed by atoms with Crippen LogP contribution in [0.2, 0.25) is 0 Å². The molecule has 0 fully saturated rings. The Kier molecular flexibility index (Phi) is 7.12. The smallest absolute Gasteiger partial charge is 0.252 e. The van der Waals surface area contributed by atoms with E-state index in [1.807, 2.05) is 39.2 Å². The summed E-state index contributed by atoms with van der Waals surface area (Å²) < 4.78 is 11.0. The van der Waals surface area contributed by atoms with E-state index in [2.05, 4.69) is 11.4 Å². The lowest BCUT2D eigenvalue weighted by atomic mass is 9.90. The summed E-state index contributed by atoms with van der Waals surface area (Å²) in [6, 6.07) is 9.76. The number of carbonyl (C=O) groups is 2. The van der Waals surface area contributed by atoms with Gasteiger partial charge in [-0.2, -0.15) is 11.3 Å². The van der Waals surface area contributed by atoms with Crippen molar-refractivity contribution in [2.24, 2.45) is 0 Å². The van der Waals surface area contributed by atoms with Crippen LogP contribution >= 0.6 is 22.7 Å². The van der Waals surface area contributed by atoms with E-state index in [0.717, 1.165) is 16.9 Å². The van der Waals surface area contributed by atoms with Gasteiger partial charge in [-0.25, -0.2) is 0 Å². The summed E-state index contributed by atoms with van der Waals surface area (Å²) in [6.45, 7) is 1.12. The molecule has 3 aromatic rings. The van der Waals surface area contributed by atoms with Crippen molar-refractivity contribution in [1.29, 1.82) is 0 Å². The number of amides is 2. The minimum atomic E-state index is -0.147. The molecule has 168 valence electrons. The van der Waals surface area contributed by atoms with Crippen LogP contribution in [0.4, 0.5) is 0 Å². The number of methoxy groups -OCH3 is 2. The number of hydrogen-bond acceptors (Lipinski definition) is 6. The molecule has 0 saturated carbocycles. The van der Waals surface area contributed by atoms with E-state index in [4.69, 9.17) is 9.47 Å². The molecule has 1 aliphatic heterocycles. The quantitative estimate of drug-likeness (QED) is 0.492. The molecule has 4 rings (SSSR count). The van der Waals surface area contributed by atoms with Crippen molar-refractivity contribution < 1.29 is 19.1 Å². The Labute approximate surface area is 195 Å². The fourth-order valence-corrected chi connectivity index (χ4v) is 5.54. The van der Waals surface area contributed by atoms with E-state index in [1.165, 1.54) is 16.9 Å². The van der Waals surface area contributed by atoms with Crippen molar-refractivity contribution >= 4 is 34.5 Å². The average molecular weight is 471 g/mol. The molecule has 0 aliphatic carbocycles. The van der Waals surface area contributed by atoms with Crippen molar-refractivity contribution in [3.63, 3.8) is 0 Å². The number of nitrogens with one attached hydrogen (secondary N) is 1. The summed E-state index contributed by atoms with van der Waals surface area (Å²) in [6.07, 6.45) is 1.74. The highest BCUT2D eigenvalue weighted by Crippen LogP contribution is 2.42. The molecule has 32 heavy (non-hydrogen) atoms. The highest BCUT2D eigenvalue weighted by molar-refractivity contribution is 7.10. The van der Waals surface area contributed by atoms with Crippen LogP contribution in [-0.4, -0.2) is 44.0 Å². The third-order valence-corrected chi connectivity index (χ3v) is 7.25. The standard InChI is InChI=1S/C24H26N2O4S2/c1-29-19-13-16-7-10-26(22(27)6-3-9-25-24(28)17-8-12-31-15-17)23(21-5-4-11-32-21)18(16)14-20(19)30-2/h4-5,8,11-15,23H,3,6-7,9-10H2,1-2H3,(H,25,28). The first-order valence-corrected chi connectivity index (χ1v) is 12.3. The molecular formula is C24H26N2O4S2. The molecule has 2 aromatic heterocycles. The Morgan fingerprint density at radius 3 is 2.66 bits per heavy atom. The van der Waals surface area contributed by atoms with Crippen molar-refractivity contribution in [1.82, 2.24) is 10.2 Å². The number of nitrogens with zero attached hydrogens (tertiary/aromatic N) is 1. The molecule has 0 saturated heterocycles. The van der Waals surface area contributed by atoms with E-state index >= 15 is 0 Å². The predicted molar refractivity (Wildman–Crippen MR) is 127 cm³/mol. The minimum Gasteiger partial charge on any atom is -0.493 e. The molecule has 2 amide bonds. The lowest BCUT2D eigenvalue weighted by molar-refractivity contribution is -0.133. The lowest BCUT2D eigenvalue weighted by Gasteiger charge is -2.37. The van der Waals surface area contributed by atoms with Gasteiger partial charge >= 0.3 is 0 Å². The third-order valence-electron chi connectivity index (χ3n) is 5.64. The number of fused-ring (bicyclic) bond motifs is 1. The van der Waals surface area contributed by atoms with E-state index < -0.39 is 0 Å². The highest BCUT2D eigenvalue weighted by atomic mass is 32.1. The monoisotopic (exact) mass is 470 g/mol. The van der Waals surface area contributed by atoms with Gasteiger partial charge in [0, 0.05) is 35.3 Å². The van der Waals surface area contributed by atoms with Gasteiger partial charge in [-0.3, -0.25) is 9.59 Å². The maximum Gasteiger partial charge on any atom is 0.252 e. The summed E-state index contributed by atoms with van der Waals surface area (Å²) >= 11 is 3.14. The van der Waals surface area contributed by atoms with E-state index in [1.54, 1.807) is 31.6 Å². The van der Waals surface area contributed by atoms with Crippen LogP contribution in [0.3, 0.4) is 0 Å². The fourth-order valence-electron chi connectivity index (χ4n) is 4.05. The van der Waals surface area contributed by atoms with Crippen LogP contribution in [-0.2, 0) is 11.2 Å². The molecule has 1 unspecified atom stereocenters. The molecule has 0 radical (unpaired) electrons. The largest absolute Gasteiger partial charge is 0.493 e. The molecule has 3 heterocycles. The van der Waals surface area contributed by atoms with Gasteiger partial charge in [-0.1, -0.05) is 6.07 Å². The Morgan fingerprint density at radius 2 is 1.97 bits per heavy atom. The van der Waals surface area contributed by atoms with E-state index in [0.29, 0.717) is 43.0 Å². The topological polar surface area (TPSA) is 67.9 Å². The highest BCUT2D eigenvalue weighted by Gasteiger charge is 2.33. The van der Waals surface area contributed by atoms with Gasteiger partial charge in [0.15, 0.2) is 11.5 Å². The summed E-state index contributed by atoms with van der Waals surface area (Å²) in [7, 11) is 3.26. The average Bonchev–Trinajstić information content (AvgIpc) is 3.54. The molecule has 1 atom stereocenters. The molecule has 1 aromatic carbocycles. The summed E-state index contributed by atoms with van der Waals surface area (Å²) in [5, 5.41) is 8.63. The predicted octanol–water partition coefficient (Wildman–Crippen LogP) is 4.51. The number of rotatable bonds is 8. The zero-order chi connectivity index (χ0) is 22.5. The molecule has 0 spiro atoms. The van der Waals surface area contributed by atoms with Crippen LogP contribution in [0.25, 0.3) is 0 Å². The zero-order valence-electron chi connectivity index (χ0n) is 18.1. The van der Waals surface area contributed by atoms with E-state index in [9.17, 15) is 9.59 Å². The van der Waals surface area contributed by atoms with Crippen LogP contribution in [0.1, 0.15) is 45.2 Å². The zero-order valence-corrected chi connectivity index (χ0v) is 19.8. The Balaban J connectivity index is 1.48. The second kappa shape index (κ2) is 10.2. The number of hydrogen-bond donors (Lipinski definition) is 1. The van der Waals surface area contributed by atoms with Crippen molar-refractivity contribution in [3.05, 3.63) is 68.0 Å². The van der Waals surface area contributed by atoms with Gasteiger partial charge in [0.05, 0.1) is 20.3 Å². The summed E-state index contributed by atoms with van der Waals surface area (Å²) in [5.41, 5.74) is 2.92. The molecule has 1 aliphatic rings. The third kappa shape index (κ3) is 4.66. The maximum absolute atomic E-state index is 13.2. The molecule has 1 N–H and O–H groups in total. The molecule has 6 nitrogen and oxygen atoms in total. The van der Waals surface area contributed by atoms with Crippen LogP contribution in [0.5, 0.6) is 11.5 Å². The number of carbonyl (C=O) groups excluding carboxylic acids is 2. The van der Waals surface area contributed by atoms with Crippen molar-refractivity contribution in [2.45, 2.75) is 25.3 Å². The first kappa shape index (κ1) is 22.4. The van der Waals surface area contributed by atoms with Gasteiger partial charge in [0.1, 0.15) is 0 Å². The van der Waals surface area contributed by atoms with Crippen LogP contribution < -0.4 is 14.8 Å². The Hall–Kier alpha value is -2.84. The van der Waals surface area contributed by atoms with Crippen LogP contribution in [0, 0.1) is 0 Å². The fraction of sp³-hybridized carbons (Fsp3) is 0.333. The molecular weight excluding hydrogens is 444 g/mol. The van der Waals surface area contributed by atoms with E-state index in [-0.39, 0.29) is 17.9 Å². The second-order valence-corrected chi connectivity index (χ2v) is 9.29. The van der Waals surface area contributed by atoms with Gasteiger partial charge in [0.2, 0.25) is 5.91 Å². The Bertz CT molecular complexity index is 1060. The second-order valence-electron chi connectivity index (χ2n) is 7.53. The van der Waals surface area contributed by atoms with Crippen molar-refractivity contribution in [2.75, 3.05) is 27.3 Å². The van der Waals surface area contributed by atoms with Gasteiger partial charge in [0.25, 0.3) is 5.91 Å². The minimum absolute atomic E-state index is 0.0913. The van der Waals surface area contributed by atoms with Gasteiger partial charge in [-0.05, 0) is 59.0 Å². The first-order chi connectivity index (χ1) is 15.6. The number of ether oxygens (including phenoxy) is 2. The lowest BCUT2D eigenvalue weighted by Crippen LogP contribution is -2.40. The van der Waals surface area contributed by atoms with Gasteiger partial charge in [-0.15, -0.1) is 11.3 Å². The Morgan fingerprint density at radius 1 is 1.16 bits per heavy atom. The maximum atomic E-state index is 13.2. The first-order valence-electron chi connectivity index (χ1n) is 10.5. The molecule has 8 heteroatoms. The number of thiophene rings is 2. The normalized spacial score (nSPS) is 15.2. The van der Waals surface area contributed by atoms with Gasteiger partial charge < -0.3 is 19.7 Å². The van der Waals surface area contributed by atoms with Crippen LogP contribution in [0.15, 0.2) is 46.5 Å². The number of benzene rings is 1. The van der Waals surface area contributed by atoms with Crippen molar-refractivity contribution in [3.8, 4) is 11.5 Å².